The quantitative estimate of drug-likeness (QED) is 0.869. The van der Waals surface area contributed by atoms with Gasteiger partial charge in [-0.05, 0) is 17.7 Å². The molecule has 5 atom stereocenters. The number of aliphatic hydroxyl groups is 1. The minimum absolute atomic E-state index is 0.193. The molecule has 0 amide bonds. The van der Waals surface area contributed by atoms with Gasteiger partial charge in [-0.3, -0.25) is 0 Å². The van der Waals surface area contributed by atoms with E-state index in [0.29, 0.717) is 13.2 Å². The van der Waals surface area contributed by atoms with E-state index in [2.05, 4.69) is 0 Å². The molecule has 0 aromatic heterocycles. The lowest BCUT2D eigenvalue weighted by molar-refractivity contribution is -0.290. The van der Waals surface area contributed by atoms with E-state index in [9.17, 15) is 5.11 Å². The highest BCUT2D eigenvalue weighted by Crippen LogP contribution is 2.36. The monoisotopic (exact) mass is 374 g/mol. The van der Waals surface area contributed by atoms with Crippen molar-refractivity contribution in [2.45, 2.75) is 41.4 Å². The van der Waals surface area contributed by atoms with Crippen molar-refractivity contribution in [1.29, 1.82) is 0 Å². The molecule has 26 heavy (non-hydrogen) atoms. The Kier molecular flexibility index (Phi) is 5.89. The second-order valence-electron chi connectivity index (χ2n) is 6.35. The highest BCUT2D eigenvalue weighted by molar-refractivity contribution is 7.99. The van der Waals surface area contributed by atoms with Gasteiger partial charge in [0.25, 0.3) is 0 Å². The van der Waals surface area contributed by atoms with Crippen molar-refractivity contribution in [3.05, 3.63) is 66.2 Å². The van der Waals surface area contributed by atoms with Crippen LogP contribution in [0.1, 0.15) is 5.56 Å². The number of benzene rings is 2. The van der Waals surface area contributed by atoms with E-state index in [-0.39, 0.29) is 19.0 Å². The summed E-state index contributed by atoms with van der Waals surface area (Å²) in [7, 11) is 0. The number of hydrogen-bond acceptors (Lipinski definition) is 6. The molecule has 2 aliphatic heterocycles. The summed E-state index contributed by atoms with van der Waals surface area (Å²) < 4.78 is 23.3. The molecule has 2 heterocycles. The predicted molar refractivity (Wildman–Crippen MR) is 97.7 cm³/mol. The Balaban J connectivity index is 1.49. The normalized spacial score (nSPS) is 31.3. The molecule has 5 nitrogen and oxygen atoms in total. The number of hydrogen-bond donors (Lipinski definition) is 1. The number of aliphatic hydroxyl groups excluding tert-OH is 1. The van der Waals surface area contributed by atoms with Gasteiger partial charge in [0.2, 0.25) is 0 Å². The first kappa shape index (κ1) is 18.0. The predicted octanol–water partition coefficient (Wildman–Crippen LogP) is 2.82. The van der Waals surface area contributed by atoms with Crippen molar-refractivity contribution in [2.24, 2.45) is 0 Å². The molecule has 138 valence electrons. The van der Waals surface area contributed by atoms with Crippen LogP contribution in [-0.2, 0) is 25.6 Å². The molecule has 1 N–H and O–H groups in total. The van der Waals surface area contributed by atoms with Crippen LogP contribution in [0.3, 0.4) is 0 Å². The zero-order chi connectivity index (χ0) is 17.8. The van der Waals surface area contributed by atoms with E-state index >= 15 is 0 Å². The molecule has 0 aliphatic carbocycles. The molecule has 2 aromatic carbocycles. The van der Waals surface area contributed by atoms with Gasteiger partial charge in [-0.15, -0.1) is 0 Å². The molecule has 2 aliphatic rings. The maximum atomic E-state index is 10.9. The third-order valence-corrected chi connectivity index (χ3v) is 5.69. The van der Waals surface area contributed by atoms with E-state index in [1.54, 1.807) is 0 Å². The van der Waals surface area contributed by atoms with Gasteiger partial charge in [-0.1, -0.05) is 60.3 Å². The highest BCUT2D eigenvalue weighted by Gasteiger charge is 2.48. The van der Waals surface area contributed by atoms with Crippen LogP contribution < -0.4 is 0 Å². The second kappa shape index (κ2) is 8.52. The number of ether oxygens (including phenoxy) is 4. The molecular formula is C20H22O5S. The van der Waals surface area contributed by atoms with Crippen LogP contribution in [0.5, 0.6) is 0 Å². The minimum atomic E-state index is -0.803. The van der Waals surface area contributed by atoms with E-state index in [1.807, 2.05) is 60.7 Å². The lowest BCUT2D eigenvalue weighted by Crippen LogP contribution is -2.61. The lowest BCUT2D eigenvalue weighted by atomic mass is 9.99. The largest absolute Gasteiger partial charge is 0.387 e. The maximum Gasteiger partial charge on any atom is 0.147 e. The third kappa shape index (κ3) is 4.11. The van der Waals surface area contributed by atoms with Gasteiger partial charge in [-0.25, -0.2) is 0 Å². The fraction of sp³-hybridized carbons (Fsp3) is 0.400. The molecule has 4 rings (SSSR count). The maximum absolute atomic E-state index is 10.9. The molecule has 0 saturated carbocycles. The first-order chi connectivity index (χ1) is 12.8. The Hall–Kier alpha value is -1.41. The van der Waals surface area contributed by atoms with Crippen molar-refractivity contribution < 1.29 is 24.1 Å². The van der Waals surface area contributed by atoms with Gasteiger partial charge in [0.1, 0.15) is 36.6 Å². The van der Waals surface area contributed by atoms with Gasteiger partial charge in [0.15, 0.2) is 0 Å². The topological polar surface area (TPSA) is 57.2 Å². The van der Waals surface area contributed by atoms with E-state index in [4.69, 9.17) is 18.9 Å². The fourth-order valence-electron chi connectivity index (χ4n) is 3.21. The van der Waals surface area contributed by atoms with Crippen LogP contribution in [0.25, 0.3) is 0 Å². The summed E-state index contributed by atoms with van der Waals surface area (Å²) >= 11 is 1.49. The first-order valence-corrected chi connectivity index (χ1v) is 9.59. The molecule has 2 saturated heterocycles. The first-order valence-electron chi connectivity index (χ1n) is 8.71. The number of thioether (sulfide) groups is 1. The van der Waals surface area contributed by atoms with E-state index in [0.717, 1.165) is 10.5 Å². The standard InChI is InChI=1S/C20H22O5S/c21-17-19(23-11-14-7-3-1-4-8-14)18-16(12-22-13-24-18)25-20(17)26-15-9-5-2-6-10-15/h1-10,16-21H,11-13H2/t16?,17?,18-,19?,20-/m0/s1. The van der Waals surface area contributed by atoms with E-state index in [1.165, 1.54) is 11.8 Å². The van der Waals surface area contributed by atoms with Crippen LogP contribution in [0.15, 0.2) is 65.6 Å². The summed E-state index contributed by atoms with van der Waals surface area (Å²) in [6, 6.07) is 19.8. The fourth-order valence-corrected chi connectivity index (χ4v) is 4.28. The molecule has 0 bridgehead atoms. The lowest BCUT2D eigenvalue weighted by Gasteiger charge is -2.45. The Morgan fingerprint density at radius 3 is 2.54 bits per heavy atom. The van der Waals surface area contributed by atoms with Crippen LogP contribution in [0, 0.1) is 0 Å². The molecule has 6 heteroatoms. The highest BCUT2D eigenvalue weighted by atomic mass is 32.2. The average Bonchev–Trinajstić information content (AvgIpc) is 2.70. The number of fused-ring (bicyclic) bond motifs is 1. The average molecular weight is 374 g/mol. The van der Waals surface area contributed by atoms with Crippen LogP contribution in [0.4, 0.5) is 0 Å². The molecule has 3 unspecified atom stereocenters. The summed E-state index contributed by atoms with van der Waals surface area (Å²) in [5, 5.41) is 10.9. The van der Waals surface area contributed by atoms with Crippen LogP contribution in [-0.4, -0.2) is 48.4 Å². The summed E-state index contributed by atoms with van der Waals surface area (Å²) in [4.78, 5) is 1.04. The van der Waals surface area contributed by atoms with Crippen LogP contribution >= 0.6 is 11.8 Å². The van der Waals surface area contributed by atoms with Gasteiger partial charge in [-0.2, -0.15) is 0 Å². The SMILES string of the molecule is OC1C(OCc2ccccc2)[C@H]2OCOCC2O[C@H]1Sc1ccccc1. The van der Waals surface area contributed by atoms with Gasteiger partial charge >= 0.3 is 0 Å². The van der Waals surface area contributed by atoms with Crippen molar-refractivity contribution in [1.82, 2.24) is 0 Å². The summed E-state index contributed by atoms with van der Waals surface area (Å²) in [6.45, 7) is 1.05. The Morgan fingerprint density at radius 1 is 1.04 bits per heavy atom. The third-order valence-electron chi connectivity index (χ3n) is 4.52. The van der Waals surface area contributed by atoms with Gasteiger partial charge < -0.3 is 24.1 Å². The molecule has 0 radical (unpaired) electrons. The van der Waals surface area contributed by atoms with Crippen LogP contribution in [0.2, 0.25) is 0 Å². The Labute approximate surface area is 157 Å². The summed E-state index contributed by atoms with van der Waals surface area (Å²) in [6.07, 6.45) is -1.87. The molecule has 2 fully saturated rings. The van der Waals surface area contributed by atoms with Gasteiger partial charge in [0, 0.05) is 4.90 Å². The van der Waals surface area contributed by atoms with E-state index < -0.39 is 17.6 Å². The van der Waals surface area contributed by atoms with Crippen molar-refractivity contribution in [2.75, 3.05) is 13.4 Å². The summed E-state index contributed by atoms with van der Waals surface area (Å²) in [5.74, 6) is 0. The smallest absolute Gasteiger partial charge is 0.147 e. The zero-order valence-corrected chi connectivity index (χ0v) is 15.1. The Morgan fingerprint density at radius 2 is 1.77 bits per heavy atom. The Bertz CT molecular complexity index is 683. The molecule has 0 spiro atoms. The minimum Gasteiger partial charge on any atom is -0.387 e. The van der Waals surface area contributed by atoms with Crippen molar-refractivity contribution in [3.8, 4) is 0 Å². The van der Waals surface area contributed by atoms with Gasteiger partial charge in [0.05, 0.1) is 13.2 Å². The van der Waals surface area contributed by atoms with Crippen molar-refractivity contribution in [3.63, 3.8) is 0 Å². The second-order valence-corrected chi connectivity index (χ2v) is 7.52. The summed E-state index contributed by atoms with van der Waals surface area (Å²) in [5.41, 5.74) is 0.617. The molecular weight excluding hydrogens is 352 g/mol. The number of rotatable bonds is 5. The zero-order valence-electron chi connectivity index (χ0n) is 14.3. The van der Waals surface area contributed by atoms with Crippen molar-refractivity contribution >= 4 is 11.8 Å². The molecule has 2 aromatic rings.